The van der Waals surface area contributed by atoms with E-state index in [0.29, 0.717) is 0 Å². The molecule has 1 heterocycles. The topological polar surface area (TPSA) is 89.8 Å². The lowest BCUT2D eigenvalue weighted by molar-refractivity contribution is -0.384. The number of methoxy groups -OCH3 is 1. The maximum absolute atomic E-state index is 13.5. The van der Waals surface area contributed by atoms with Crippen LogP contribution >= 0.6 is 0 Å². The summed E-state index contributed by atoms with van der Waals surface area (Å²) in [6.07, 6.45) is -1.35. The van der Waals surface area contributed by atoms with Crippen LogP contribution in [0.2, 0.25) is 0 Å². The average Bonchev–Trinajstić information content (AvgIpc) is 2.87. The van der Waals surface area contributed by atoms with Crippen LogP contribution in [0.15, 0.2) is 29.2 Å². The van der Waals surface area contributed by atoms with Gasteiger partial charge in [-0.05, 0) is 12.1 Å². The Morgan fingerprint density at radius 2 is 2.10 bits per heavy atom. The number of rotatable bonds is 4. The minimum absolute atomic E-state index is 0.0780. The summed E-state index contributed by atoms with van der Waals surface area (Å²) in [5.41, 5.74) is -0.134. The smallest absolute Gasteiger partial charge is 0.324 e. The van der Waals surface area contributed by atoms with E-state index >= 15 is 0 Å². The van der Waals surface area contributed by atoms with Crippen molar-refractivity contribution in [2.24, 2.45) is 0 Å². The predicted molar refractivity (Wildman–Crippen MR) is 71.5 cm³/mol. The zero-order valence-corrected chi connectivity index (χ0v) is 11.9. The third-order valence-corrected chi connectivity index (χ3v) is 4.65. The van der Waals surface area contributed by atoms with Gasteiger partial charge in [0.25, 0.3) is 5.69 Å². The number of non-ortho nitro benzene ring substituents is 1. The first-order valence-electron chi connectivity index (χ1n) is 6.09. The molecule has 0 aromatic heterocycles. The number of nitro benzene ring substituents is 1. The Balaban J connectivity index is 2.21. The molecule has 1 fully saturated rings. The van der Waals surface area contributed by atoms with E-state index in [1.807, 2.05) is 0 Å². The fourth-order valence-electron chi connectivity index (χ4n) is 2.11. The Labute approximate surface area is 122 Å². The highest BCUT2D eigenvalue weighted by molar-refractivity contribution is 7.82. The van der Waals surface area contributed by atoms with Gasteiger partial charge in [0.2, 0.25) is 0 Å². The summed E-state index contributed by atoms with van der Waals surface area (Å²) in [6, 6.07) is 4.16. The second-order valence-electron chi connectivity index (χ2n) is 4.47. The molecule has 0 saturated carbocycles. The molecular weight excluding hydrogens is 303 g/mol. The Morgan fingerprint density at radius 3 is 2.62 bits per heavy atom. The molecule has 114 valence electrons. The van der Waals surface area contributed by atoms with Crippen molar-refractivity contribution in [3.8, 4) is 0 Å². The molecule has 1 aromatic carbocycles. The van der Waals surface area contributed by atoms with Gasteiger partial charge in [0.15, 0.2) is 0 Å². The van der Waals surface area contributed by atoms with E-state index in [0.717, 1.165) is 0 Å². The van der Waals surface area contributed by atoms with E-state index in [1.165, 1.54) is 35.7 Å². The SMILES string of the molecule is COC(=O)[C@H]1C[C@@H](F)CN1S(=O)c1ccc([N+](=O)[O-])cc1. The number of halogens is 1. The summed E-state index contributed by atoms with van der Waals surface area (Å²) >= 11 is 0. The van der Waals surface area contributed by atoms with Crippen LogP contribution < -0.4 is 0 Å². The van der Waals surface area contributed by atoms with Crippen LogP contribution in [0, 0.1) is 10.1 Å². The lowest BCUT2D eigenvalue weighted by Crippen LogP contribution is -2.38. The van der Waals surface area contributed by atoms with Gasteiger partial charge < -0.3 is 4.74 Å². The quantitative estimate of drug-likeness (QED) is 0.473. The van der Waals surface area contributed by atoms with Gasteiger partial charge in [-0.1, -0.05) is 0 Å². The van der Waals surface area contributed by atoms with Crippen molar-refractivity contribution in [3.63, 3.8) is 0 Å². The van der Waals surface area contributed by atoms with Crippen LogP contribution in [0.5, 0.6) is 0 Å². The monoisotopic (exact) mass is 316 g/mol. The van der Waals surface area contributed by atoms with Crippen molar-refractivity contribution in [2.75, 3.05) is 13.7 Å². The zero-order chi connectivity index (χ0) is 15.6. The van der Waals surface area contributed by atoms with Gasteiger partial charge in [-0.25, -0.2) is 12.9 Å². The maximum atomic E-state index is 13.5. The molecular formula is C12H13FN2O5S. The van der Waals surface area contributed by atoms with Crippen molar-refractivity contribution < 1.29 is 23.1 Å². The lowest BCUT2D eigenvalue weighted by atomic mass is 10.2. The largest absolute Gasteiger partial charge is 0.468 e. The molecule has 3 atom stereocenters. The molecule has 0 amide bonds. The Kier molecular flexibility index (Phi) is 4.63. The third-order valence-electron chi connectivity index (χ3n) is 3.14. The number of nitro groups is 1. The van der Waals surface area contributed by atoms with E-state index < -0.39 is 34.1 Å². The van der Waals surface area contributed by atoms with Crippen molar-refractivity contribution in [1.29, 1.82) is 0 Å². The van der Waals surface area contributed by atoms with E-state index in [9.17, 15) is 23.5 Å². The number of esters is 1. The Hall–Kier alpha value is -1.87. The predicted octanol–water partition coefficient (Wildman–Crippen LogP) is 1.20. The number of hydrogen-bond acceptors (Lipinski definition) is 5. The van der Waals surface area contributed by atoms with Crippen LogP contribution in [0.4, 0.5) is 10.1 Å². The highest BCUT2D eigenvalue weighted by atomic mass is 32.2. The van der Waals surface area contributed by atoms with E-state index in [2.05, 4.69) is 4.74 Å². The molecule has 0 bridgehead atoms. The van der Waals surface area contributed by atoms with Crippen LogP contribution in [-0.2, 0) is 20.5 Å². The fraction of sp³-hybridized carbons (Fsp3) is 0.417. The minimum atomic E-state index is -1.78. The Bertz CT molecular complexity index is 580. The van der Waals surface area contributed by atoms with Gasteiger partial charge in [0.1, 0.15) is 23.2 Å². The van der Waals surface area contributed by atoms with Crippen LogP contribution in [0.3, 0.4) is 0 Å². The third kappa shape index (κ3) is 3.24. The molecule has 9 heteroatoms. The molecule has 1 aromatic rings. The van der Waals surface area contributed by atoms with Crippen LogP contribution in [-0.4, -0.2) is 45.3 Å². The van der Waals surface area contributed by atoms with Gasteiger partial charge in [0.05, 0.1) is 16.9 Å². The molecule has 0 N–H and O–H groups in total. The summed E-state index contributed by atoms with van der Waals surface area (Å²) in [4.78, 5) is 21.9. The molecule has 1 aliphatic rings. The highest BCUT2D eigenvalue weighted by Gasteiger charge is 2.41. The van der Waals surface area contributed by atoms with E-state index in [-0.39, 0.29) is 23.5 Å². The van der Waals surface area contributed by atoms with Crippen molar-refractivity contribution in [1.82, 2.24) is 4.31 Å². The van der Waals surface area contributed by atoms with Gasteiger partial charge in [-0.15, -0.1) is 0 Å². The van der Waals surface area contributed by atoms with Crippen molar-refractivity contribution in [2.45, 2.75) is 23.5 Å². The molecule has 1 unspecified atom stereocenters. The second-order valence-corrected chi connectivity index (χ2v) is 5.91. The maximum Gasteiger partial charge on any atom is 0.324 e. The van der Waals surface area contributed by atoms with Gasteiger partial charge >= 0.3 is 5.97 Å². The van der Waals surface area contributed by atoms with E-state index in [4.69, 9.17) is 0 Å². The molecule has 0 aliphatic carbocycles. The summed E-state index contributed by atoms with van der Waals surface area (Å²) in [5.74, 6) is -0.648. The number of benzene rings is 1. The lowest BCUT2D eigenvalue weighted by Gasteiger charge is -2.20. The van der Waals surface area contributed by atoms with Crippen molar-refractivity contribution in [3.05, 3.63) is 34.4 Å². The summed E-state index contributed by atoms with van der Waals surface area (Å²) in [7, 11) is -0.602. The summed E-state index contributed by atoms with van der Waals surface area (Å²) in [5, 5.41) is 10.6. The number of carbonyl (C=O) groups excluding carboxylic acids is 1. The number of hydrogen-bond donors (Lipinski definition) is 0. The van der Waals surface area contributed by atoms with Crippen molar-refractivity contribution >= 4 is 22.6 Å². The number of carbonyl (C=O) groups is 1. The minimum Gasteiger partial charge on any atom is -0.468 e. The zero-order valence-electron chi connectivity index (χ0n) is 11.1. The first-order valence-corrected chi connectivity index (χ1v) is 7.19. The van der Waals surface area contributed by atoms with Gasteiger partial charge in [0, 0.05) is 25.1 Å². The molecule has 1 aliphatic heterocycles. The molecule has 21 heavy (non-hydrogen) atoms. The van der Waals surface area contributed by atoms with Crippen LogP contribution in [0.25, 0.3) is 0 Å². The Morgan fingerprint density at radius 1 is 1.48 bits per heavy atom. The molecule has 2 rings (SSSR count). The number of alkyl halides is 1. The second kappa shape index (κ2) is 6.27. The van der Waals surface area contributed by atoms with Gasteiger partial charge in [-0.3, -0.25) is 14.9 Å². The molecule has 7 nitrogen and oxygen atoms in total. The first-order chi connectivity index (χ1) is 9.93. The highest BCUT2D eigenvalue weighted by Crippen LogP contribution is 2.26. The number of nitrogens with zero attached hydrogens (tertiary/aromatic N) is 2. The summed E-state index contributed by atoms with van der Waals surface area (Å²) in [6.45, 7) is -0.149. The molecule has 0 radical (unpaired) electrons. The van der Waals surface area contributed by atoms with E-state index in [1.54, 1.807) is 0 Å². The summed E-state index contributed by atoms with van der Waals surface area (Å²) < 4.78 is 31.7. The standard InChI is InChI=1S/C12H13FN2O5S/c1-20-12(16)11-6-8(13)7-14(11)21(19)10-4-2-9(3-5-10)15(17)18/h2-5,8,11H,6-7H2,1H3/t8-,11-,21?/m1/s1. The number of ether oxygens (including phenoxy) is 1. The normalized spacial score (nSPS) is 23.7. The average molecular weight is 316 g/mol. The molecule has 1 saturated heterocycles. The fourth-order valence-corrected chi connectivity index (χ4v) is 3.45. The van der Waals surface area contributed by atoms with Crippen LogP contribution in [0.1, 0.15) is 6.42 Å². The molecule has 0 spiro atoms. The van der Waals surface area contributed by atoms with Gasteiger partial charge in [-0.2, -0.15) is 0 Å². The first kappa shape index (κ1) is 15.5.